The van der Waals surface area contributed by atoms with Crippen LogP contribution < -0.4 is 5.69 Å². The zero-order chi connectivity index (χ0) is 15.1. The molecule has 1 atom stereocenters. The molecule has 3 nitrogen and oxygen atoms in total. The number of hydrogen-bond acceptors (Lipinski definition) is 1. The van der Waals surface area contributed by atoms with Gasteiger partial charge >= 0.3 is 5.69 Å². The number of halogens is 2. The quantitative estimate of drug-likeness (QED) is 0.591. The first kappa shape index (κ1) is 14.6. The van der Waals surface area contributed by atoms with E-state index in [1.54, 1.807) is 0 Å². The van der Waals surface area contributed by atoms with Gasteiger partial charge in [-0.15, -0.1) is 0 Å². The average Bonchev–Trinajstić information content (AvgIpc) is 2.76. The van der Waals surface area contributed by atoms with Gasteiger partial charge in [0.1, 0.15) is 0 Å². The normalized spacial score (nSPS) is 12.8. The van der Waals surface area contributed by atoms with E-state index in [2.05, 4.69) is 73.9 Å². The van der Waals surface area contributed by atoms with E-state index in [1.165, 1.54) is 16.7 Å². The number of aromatic amines is 2. The molecule has 0 aliphatic carbocycles. The van der Waals surface area contributed by atoms with E-state index < -0.39 is 0 Å². The van der Waals surface area contributed by atoms with Crippen molar-refractivity contribution >= 4 is 42.9 Å². The molecule has 0 aliphatic rings. The molecule has 1 aromatic heterocycles. The lowest BCUT2D eigenvalue weighted by Gasteiger charge is -2.18. The summed E-state index contributed by atoms with van der Waals surface area (Å²) in [7, 11) is 0. The van der Waals surface area contributed by atoms with Crippen molar-refractivity contribution in [2.24, 2.45) is 0 Å². The number of H-pyrrole nitrogens is 2. The SMILES string of the molecule is Cc1cccc(C)c1C(Br)c1cc2[nH]c(=O)[nH]c2cc1Br. The van der Waals surface area contributed by atoms with Crippen molar-refractivity contribution in [2.45, 2.75) is 18.7 Å². The van der Waals surface area contributed by atoms with Crippen molar-refractivity contribution in [1.82, 2.24) is 9.97 Å². The van der Waals surface area contributed by atoms with Crippen LogP contribution in [0.4, 0.5) is 0 Å². The van der Waals surface area contributed by atoms with Crippen LogP contribution in [0.2, 0.25) is 0 Å². The summed E-state index contributed by atoms with van der Waals surface area (Å²) >= 11 is 7.41. The van der Waals surface area contributed by atoms with E-state index >= 15 is 0 Å². The van der Waals surface area contributed by atoms with E-state index in [0.29, 0.717) is 0 Å². The molecule has 0 fully saturated rings. The van der Waals surface area contributed by atoms with Gasteiger partial charge in [-0.1, -0.05) is 50.1 Å². The van der Waals surface area contributed by atoms with Gasteiger partial charge in [0.25, 0.3) is 0 Å². The summed E-state index contributed by atoms with van der Waals surface area (Å²) in [5.41, 5.74) is 6.27. The minimum atomic E-state index is -0.188. The Morgan fingerprint density at radius 2 is 1.62 bits per heavy atom. The summed E-state index contributed by atoms with van der Waals surface area (Å²) in [5.74, 6) is 0. The van der Waals surface area contributed by atoms with Crippen molar-refractivity contribution in [3.63, 3.8) is 0 Å². The number of hydrogen-bond donors (Lipinski definition) is 2. The van der Waals surface area contributed by atoms with Gasteiger partial charge in [0.2, 0.25) is 0 Å². The Bertz CT molecular complexity index is 859. The van der Waals surface area contributed by atoms with Gasteiger partial charge in [0.05, 0.1) is 15.9 Å². The zero-order valence-electron chi connectivity index (χ0n) is 11.6. The molecule has 0 spiro atoms. The summed E-state index contributed by atoms with van der Waals surface area (Å²) < 4.78 is 0.967. The molecule has 21 heavy (non-hydrogen) atoms. The minimum absolute atomic E-state index is 0.0656. The number of benzene rings is 2. The maximum Gasteiger partial charge on any atom is 0.323 e. The van der Waals surface area contributed by atoms with E-state index in [0.717, 1.165) is 21.1 Å². The van der Waals surface area contributed by atoms with Crippen LogP contribution in [0.3, 0.4) is 0 Å². The van der Waals surface area contributed by atoms with Gasteiger partial charge in [-0.3, -0.25) is 0 Å². The lowest BCUT2D eigenvalue weighted by molar-refractivity contribution is 1.10. The van der Waals surface area contributed by atoms with E-state index in [9.17, 15) is 4.79 Å². The highest BCUT2D eigenvalue weighted by atomic mass is 79.9. The van der Waals surface area contributed by atoms with Crippen molar-refractivity contribution in [3.05, 3.63) is 67.5 Å². The molecule has 2 N–H and O–H groups in total. The fourth-order valence-electron chi connectivity index (χ4n) is 2.65. The maximum atomic E-state index is 11.4. The van der Waals surface area contributed by atoms with Crippen LogP contribution in [0.1, 0.15) is 27.1 Å². The Labute approximate surface area is 139 Å². The Morgan fingerprint density at radius 1 is 1.05 bits per heavy atom. The molecule has 2 aromatic carbocycles. The molecule has 3 aromatic rings. The highest BCUT2D eigenvalue weighted by molar-refractivity contribution is 9.11. The van der Waals surface area contributed by atoms with Crippen molar-refractivity contribution in [2.75, 3.05) is 0 Å². The summed E-state index contributed by atoms with van der Waals surface area (Å²) in [6, 6.07) is 10.2. The number of rotatable bonds is 2. The number of aryl methyl sites for hydroxylation is 2. The Balaban J connectivity index is 2.19. The fourth-order valence-corrected chi connectivity index (χ4v) is 4.63. The van der Waals surface area contributed by atoms with Crippen LogP contribution in [0, 0.1) is 13.8 Å². The molecule has 5 heteroatoms. The summed E-state index contributed by atoms with van der Waals surface area (Å²) in [6.07, 6.45) is 0. The third kappa shape index (κ3) is 2.60. The van der Waals surface area contributed by atoms with Crippen LogP contribution in [-0.2, 0) is 0 Å². The standard InChI is InChI=1S/C16H14Br2N2O/c1-8-4-3-5-9(2)14(8)15(18)10-6-12-13(7-11(10)17)20-16(21)19-12/h3-7,15H,1-2H3,(H2,19,20,21). The van der Waals surface area contributed by atoms with Gasteiger partial charge in [-0.2, -0.15) is 0 Å². The van der Waals surface area contributed by atoms with Gasteiger partial charge in [-0.25, -0.2) is 4.79 Å². The topological polar surface area (TPSA) is 48.6 Å². The van der Waals surface area contributed by atoms with Crippen LogP contribution in [0.5, 0.6) is 0 Å². The second kappa shape index (κ2) is 5.46. The van der Waals surface area contributed by atoms with Gasteiger partial charge in [0.15, 0.2) is 0 Å². The largest absolute Gasteiger partial charge is 0.323 e. The molecule has 0 radical (unpaired) electrons. The molecule has 1 heterocycles. The van der Waals surface area contributed by atoms with E-state index in [4.69, 9.17) is 0 Å². The second-order valence-electron chi connectivity index (χ2n) is 5.17. The van der Waals surface area contributed by atoms with Crippen LogP contribution in [-0.4, -0.2) is 9.97 Å². The number of alkyl halides is 1. The highest BCUT2D eigenvalue weighted by Crippen LogP contribution is 2.39. The molecule has 0 bridgehead atoms. The second-order valence-corrected chi connectivity index (χ2v) is 6.94. The fraction of sp³-hybridized carbons (Fsp3) is 0.188. The zero-order valence-corrected chi connectivity index (χ0v) is 14.8. The van der Waals surface area contributed by atoms with Gasteiger partial charge in [-0.05, 0) is 48.2 Å². The predicted molar refractivity (Wildman–Crippen MR) is 93.3 cm³/mol. The third-order valence-electron chi connectivity index (χ3n) is 3.70. The Hall–Kier alpha value is -1.33. The smallest absolute Gasteiger partial charge is 0.306 e. The minimum Gasteiger partial charge on any atom is -0.306 e. The molecule has 1 unspecified atom stereocenters. The monoisotopic (exact) mass is 408 g/mol. The van der Waals surface area contributed by atoms with Crippen LogP contribution in [0.25, 0.3) is 11.0 Å². The first-order chi connectivity index (χ1) is 9.97. The summed E-state index contributed by atoms with van der Waals surface area (Å²) in [4.78, 5) is 17.1. The molecule has 0 amide bonds. The maximum absolute atomic E-state index is 11.4. The third-order valence-corrected chi connectivity index (χ3v) is 5.34. The molecule has 3 rings (SSSR count). The van der Waals surface area contributed by atoms with E-state index in [-0.39, 0.29) is 10.5 Å². The molecule has 108 valence electrons. The van der Waals surface area contributed by atoms with Crippen LogP contribution >= 0.6 is 31.9 Å². The number of nitrogens with one attached hydrogen (secondary N) is 2. The lowest BCUT2D eigenvalue weighted by atomic mass is 9.96. The van der Waals surface area contributed by atoms with Gasteiger partial charge in [0, 0.05) is 4.47 Å². The van der Waals surface area contributed by atoms with Crippen molar-refractivity contribution in [1.29, 1.82) is 0 Å². The number of aromatic nitrogens is 2. The molecule has 0 aliphatic heterocycles. The average molecular weight is 410 g/mol. The Kier molecular flexibility index (Phi) is 3.80. The molecule has 0 saturated heterocycles. The van der Waals surface area contributed by atoms with Crippen molar-refractivity contribution < 1.29 is 0 Å². The number of imidazole rings is 1. The van der Waals surface area contributed by atoms with Crippen molar-refractivity contribution in [3.8, 4) is 0 Å². The summed E-state index contributed by atoms with van der Waals surface area (Å²) in [6.45, 7) is 4.22. The van der Waals surface area contributed by atoms with E-state index in [1.807, 2.05) is 12.1 Å². The van der Waals surface area contributed by atoms with Crippen LogP contribution in [0.15, 0.2) is 39.6 Å². The Morgan fingerprint density at radius 3 is 2.24 bits per heavy atom. The number of fused-ring (bicyclic) bond motifs is 1. The summed E-state index contributed by atoms with van der Waals surface area (Å²) in [5, 5.41) is 0. The molecular weight excluding hydrogens is 396 g/mol. The first-order valence-corrected chi connectivity index (χ1v) is 8.30. The lowest BCUT2D eigenvalue weighted by Crippen LogP contribution is -2.00. The highest BCUT2D eigenvalue weighted by Gasteiger charge is 2.18. The predicted octanol–water partition coefficient (Wildman–Crippen LogP) is 4.72. The molecular formula is C16H14Br2N2O. The first-order valence-electron chi connectivity index (χ1n) is 6.59. The van der Waals surface area contributed by atoms with Gasteiger partial charge < -0.3 is 9.97 Å². The molecule has 0 saturated carbocycles.